The van der Waals surface area contributed by atoms with E-state index in [0.717, 1.165) is 25.7 Å². The number of methoxy groups -OCH3 is 1. The minimum Gasteiger partial charge on any atom is -0.469 e. The number of carbonyl (C=O) groups excluding carboxylic acids is 1. The molecule has 0 spiro atoms. The van der Waals surface area contributed by atoms with Crippen molar-refractivity contribution in [3.05, 3.63) is 71.0 Å². The van der Waals surface area contributed by atoms with Crippen molar-refractivity contribution in [2.75, 3.05) is 19.1 Å². The van der Waals surface area contributed by atoms with Crippen molar-refractivity contribution in [3.8, 4) is 0 Å². The van der Waals surface area contributed by atoms with E-state index in [4.69, 9.17) is 4.74 Å². The number of aryl methyl sites for hydroxylation is 1. The van der Waals surface area contributed by atoms with Crippen LogP contribution in [-0.2, 0) is 16.6 Å². The second-order valence-electron chi connectivity index (χ2n) is 8.12. The normalized spacial score (nSPS) is 22.8. The highest BCUT2D eigenvalue weighted by molar-refractivity contribution is 8.03. The first-order valence-electron chi connectivity index (χ1n) is 10.5. The van der Waals surface area contributed by atoms with E-state index in [1.54, 1.807) is 0 Å². The average molecular weight is 422 g/mol. The van der Waals surface area contributed by atoms with Crippen molar-refractivity contribution in [1.29, 1.82) is 0 Å². The van der Waals surface area contributed by atoms with Gasteiger partial charge in [-0.2, -0.15) is 0 Å². The number of aromatic nitrogens is 1. The number of benzene rings is 1. The number of pyridine rings is 1. The lowest BCUT2D eigenvalue weighted by atomic mass is 9.78. The second-order valence-corrected chi connectivity index (χ2v) is 9.19. The lowest BCUT2D eigenvalue weighted by molar-refractivity contribution is -0.671. The van der Waals surface area contributed by atoms with Gasteiger partial charge in [-0.25, -0.2) is 4.57 Å². The predicted molar refractivity (Wildman–Crippen MR) is 122 cm³/mol. The zero-order chi connectivity index (χ0) is 21.1. The van der Waals surface area contributed by atoms with Crippen LogP contribution in [0, 0.1) is 11.8 Å². The Morgan fingerprint density at radius 1 is 1.10 bits per heavy atom. The molecular weight excluding hydrogens is 392 g/mol. The minimum absolute atomic E-state index is 0.0451. The molecule has 5 heteroatoms. The molecule has 1 aromatic heterocycles. The highest BCUT2D eigenvalue weighted by Crippen LogP contribution is 2.46. The molecular formula is C25H29N2O2S+. The highest BCUT2D eigenvalue weighted by atomic mass is 32.2. The molecule has 0 bridgehead atoms. The van der Waals surface area contributed by atoms with Crippen LogP contribution in [0.2, 0.25) is 0 Å². The summed E-state index contributed by atoms with van der Waals surface area (Å²) in [5.41, 5.74) is 3.81. The van der Waals surface area contributed by atoms with Gasteiger partial charge in [0.1, 0.15) is 7.05 Å². The van der Waals surface area contributed by atoms with Crippen LogP contribution in [0.1, 0.15) is 31.2 Å². The Hall–Kier alpha value is -2.53. The molecule has 1 aliphatic heterocycles. The summed E-state index contributed by atoms with van der Waals surface area (Å²) >= 11 is 1.83. The molecule has 2 aromatic rings. The standard InChI is InChI=1S/C25H29N2O2S/c1-26-14-12-18(13-15-26)16-21(19-8-10-20(11-9-19)25(28)29-3)17-24-27(2)22-6-4-5-7-23(22)30-24/h4-7,12-17,19-20H,8-11H2,1-3H3/q+1. The molecule has 2 heterocycles. The number of hydrogen-bond donors (Lipinski definition) is 0. The van der Waals surface area contributed by atoms with Crippen LogP contribution in [0.3, 0.4) is 0 Å². The quantitative estimate of drug-likeness (QED) is 0.516. The Bertz CT molecular complexity index is 973. The number of para-hydroxylation sites is 1. The van der Waals surface area contributed by atoms with E-state index in [9.17, 15) is 4.79 Å². The molecule has 30 heavy (non-hydrogen) atoms. The number of fused-ring (bicyclic) bond motifs is 1. The number of allylic oxidation sites excluding steroid dienone is 2. The summed E-state index contributed by atoms with van der Waals surface area (Å²) in [5, 5.41) is 1.25. The van der Waals surface area contributed by atoms with E-state index in [0.29, 0.717) is 5.92 Å². The molecule has 0 amide bonds. The summed E-state index contributed by atoms with van der Waals surface area (Å²) in [6.07, 6.45) is 12.6. The van der Waals surface area contributed by atoms with Gasteiger partial charge in [-0.05, 0) is 60.9 Å². The van der Waals surface area contributed by atoms with Crippen LogP contribution in [0.5, 0.6) is 0 Å². The van der Waals surface area contributed by atoms with Crippen molar-refractivity contribution in [2.45, 2.75) is 30.6 Å². The fourth-order valence-corrected chi connectivity index (χ4v) is 5.41. The second kappa shape index (κ2) is 9.09. The van der Waals surface area contributed by atoms with Crippen molar-refractivity contribution in [3.63, 3.8) is 0 Å². The first kappa shape index (κ1) is 20.7. The van der Waals surface area contributed by atoms with Crippen LogP contribution in [0.25, 0.3) is 6.08 Å². The monoisotopic (exact) mass is 421 g/mol. The van der Waals surface area contributed by atoms with Gasteiger partial charge < -0.3 is 9.64 Å². The highest BCUT2D eigenvalue weighted by Gasteiger charge is 2.29. The summed E-state index contributed by atoms with van der Waals surface area (Å²) in [7, 11) is 5.66. The van der Waals surface area contributed by atoms with Gasteiger partial charge in [0.15, 0.2) is 12.4 Å². The Morgan fingerprint density at radius 2 is 1.77 bits per heavy atom. The first-order valence-corrected chi connectivity index (χ1v) is 11.3. The van der Waals surface area contributed by atoms with Gasteiger partial charge in [0.2, 0.25) is 0 Å². The molecule has 1 fully saturated rings. The molecule has 1 aliphatic carbocycles. The number of esters is 1. The average Bonchev–Trinajstić information content (AvgIpc) is 3.10. The topological polar surface area (TPSA) is 33.4 Å². The zero-order valence-electron chi connectivity index (χ0n) is 17.9. The Morgan fingerprint density at radius 3 is 2.43 bits per heavy atom. The maximum Gasteiger partial charge on any atom is 0.308 e. The van der Waals surface area contributed by atoms with E-state index in [2.05, 4.69) is 72.9 Å². The van der Waals surface area contributed by atoms with Gasteiger partial charge in [0, 0.05) is 24.1 Å². The summed E-state index contributed by atoms with van der Waals surface area (Å²) < 4.78 is 7.02. The molecule has 1 saturated carbocycles. The van der Waals surface area contributed by atoms with E-state index >= 15 is 0 Å². The minimum atomic E-state index is -0.0607. The molecule has 0 saturated heterocycles. The third kappa shape index (κ3) is 4.46. The van der Waals surface area contributed by atoms with Crippen LogP contribution >= 0.6 is 11.8 Å². The third-order valence-corrected chi connectivity index (χ3v) is 7.30. The Labute approximate surface area is 183 Å². The fourth-order valence-electron chi connectivity index (χ4n) is 4.30. The Kier molecular flexibility index (Phi) is 6.28. The van der Waals surface area contributed by atoms with E-state index < -0.39 is 0 Å². The lowest BCUT2D eigenvalue weighted by Gasteiger charge is -2.28. The predicted octanol–water partition coefficient (Wildman–Crippen LogP) is 4.96. The molecule has 2 aliphatic rings. The molecule has 0 radical (unpaired) electrons. The summed E-state index contributed by atoms with van der Waals surface area (Å²) in [6, 6.07) is 12.8. The third-order valence-electron chi connectivity index (χ3n) is 6.13. The van der Waals surface area contributed by atoms with Gasteiger partial charge in [-0.3, -0.25) is 4.79 Å². The van der Waals surface area contributed by atoms with Gasteiger partial charge in [-0.15, -0.1) is 0 Å². The SMILES string of the molecule is COC(=O)C1CCC(C(=C\c2cc[n+](C)cc2)/C=C2/Sc3ccccc3N2C)CC1. The molecule has 0 unspecified atom stereocenters. The summed E-state index contributed by atoms with van der Waals surface area (Å²) in [6.45, 7) is 0. The molecule has 1 aromatic carbocycles. The number of anilines is 1. The maximum atomic E-state index is 12.0. The largest absolute Gasteiger partial charge is 0.469 e. The molecule has 0 atom stereocenters. The van der Waals surface area contributed by atoms with Crippen molar-refractivity contribution >= 4 is 29.5 Å². The first-order chi connectivity index (χ1) is 14.5. The smallest absolute Gasteiger partial charge is 0.308 e. The summed E-state index contributed by atoms with van der Waals surface area (Å²) in [5.74, 6) is 0.434. The van der Waals surface area contributed by atoms with Crippen LogP contribution in [0.15, 0.2) is 70.4 Å². The van der Waals surface area contributed by atoms with Crippen molar-refractivity contribution < 1.29 is 14.1 Å². The zero-order valence-corrected chi connectivity index (χ0v) is 18.7. The van der Waals surface area contributed by atoms with Crippen LogP contribution < -0.4 is 9.47 Å². The van der Waals surface area contributed by atoms with Crippen LogP contribution in [-0.4, -0.2) is 20.1 Å². The van der Waals surface area contributed by atoms with E-state index in [-0.39, 0.29) is 11.9 Å². The fraction of sp³-hybridized carbons (Fsp3) is 0.360. The van der Waals surface area contributed by atoms with Gasteiger partial charge in [0.05, 0.1) is 23.7 Å². The molecule has 4 nitrogen and oxygen atoms in total. The lowest BCUT2D eigenvalue weighted by Crippen LogP contribution is -2.25. The number of ether oxygens (including phenoxy) is 1. The maximum absolute atomic E-state index is 12.0. The number of nitrogens with zero attached hydrogens (tertiary/aromatic N) is 2. The van der Waals surface area contributed by atoms with Gasteiger partial charge in [-0.1, -0.05) is 30.0 Å². The number of rotatable bonds is 4. The van der Waals surface area contributed by atoms with Crippen LogP contribution in [0.4, 0.5) is 5.69 Å². The number of thioether (sulfide) groups is 1. The van der Waals surface area contributed by atoms with Crippen molar-refractivity contribution in [1.82, 2.24) is 0 Å². The molecule has 156 valence electrons. The van der Waals surface area contributed by atoms with E-state index in [1.165, 1.54) is 33.9 Å². The van der Waals surface area contributed by atoms with E-state index in [1.807, 2.05) is 23.4 Å². The van der Waals surface area contributed by atoms with Gasteiger partial charge in [0.25, 0.3) is 0 Å². The van der Waals surface area contributed by atoms with Gasteiger partial charge >= 0.3 is 5.97 Å². The summed E-state index contributed by atoms with van der Waals surface area (Å²) in [4.78, 5) is 15.5. The Balaban J connectivity index is 1.62. The van der Waals surface area contributed by atoms with Crippen molar-refractivity contribution in [2.24, 2.45) is 18.9 Å². The number of hydrogen-bond acceptors (Lipinski definition) is 4. The molecule has 0 N–H and O–H groups in total. The number of carbonyl (C=O) groups is 1. The molecule has 4 rings (SSSR count).